The van der Waals surface area contributed by atoms with Crippen LogP contribution < -0.4 is 4.74 Å². The van der Waals surface area contributed by atoms with Crippen LogP contribution in [0, 0.1) is 11.7 Å². The third kappa shape index (κ3) is 3.65. The predicted octanol–water partition coefficient (Wildman–Crippen LogP) is 4.56. The highest BCUT2D eigenvalue weighted by Crippen LogP contribution is 2.25. The van der Waals surface area contributed by atoms with Gasteiger partial charge in [-0.2, -0.15) is 0 Å². The Kier molecular flexibility index (Phi) is 4.74. The fourth-order valence-corrected chi connectivity index (χ4v) is 2.80. The van der Waals surface area contributed by atoms with Gasteiger partial charge in [0.05, 0.1) is 18.7 Å². The van der Waals surface area contributed by atoms with Gasteiger partial charge in [-0.25, -0.2) is 9.18 Å². The van der Waals surface area contributed by atoms with Crippen LogP contribution in [0.3, 0.4) is 0 Å². The fourth-order valence-electron chi connectivity index (χ4n) is 2.80. The molecule has 0 saturated carbocycles. The van der Waals surface area contributed by atoms with E-state index in [-0.39, 0.29) is 11.4 Å². The van der Waals surface area contributed by atoms with Gasteiger partial charge in [-0.05, 0) is 42.3 Å². The zero-order valence-corrected chi connectivity index (χ0v) is 14.2. The number of nitrogens with zero attached hydrogens (tertiary/aromatic N) is 1. The summed E-state index contributed by atoms with van der Waals surface area (Å²) in [7, 11) is 0. The molecule has 0 amide bonds. The molecule has 1 heterocycles. The molecule has 2 aromatic carbocycles. The van der Waals surface area contributed by atoms with E-state index in [9.17, 15) is 14.3 Å². The number of hydrogen-bond acceptors (Lipinski definition) is 2. The average molecular weight is 341 g/mol. The Bertz CT molecular complexity index is 914. The second kappa shape index (κ2) is 6.97. The third-order valence-corrected chi connectivity index (χ3v) is 3.98. The van der Waals surface area contributed by atoms with Crippen molar-refractivity contribution in [3.05, 3.63) is 65.6 Å². The van der Waals surface area contributed by atoms with Crippen molar-refractivity contribution in [3.8, 4) is 5.75 Å². The highest BCUT2D eigenvalue weighted by molar-refractivity contribution is 6.03. The quantitative estimate of drug-likeness (QED) is 0.715. The molecule has 25 heavy (non-hydrogen) atoms. The Hall–Kier alpha value is -2.82. The van der Waals surface area contributed by atoms with E-state index >= 15 is 0 Å². The predicted molar refractivity (Wildman–Crippen MR) is 94.7 cm³/mol. The van der Waals surface area contributed by atoms with Crippen LogP contribution in [0.4, 0.5) is 4.39 Å². The van der Waals surface area contributed by atoms with Crippen LogP contribution >= 0.6 is 0 Å². The van der Waals surface area contributed by atoms with Crippen molar-refractivity contribution in [2.75, 3.05) is 6.61 Å². The van der Waals surface area contributed by atoms with E-state index in [1.807, 2.05) is 16.8 Å². The smallest absolute Gasteiger partial charge is 0.336 e. The molecule has 0 spiro atoms. The maximum atomic E-state index is 13.7. The van der Waals surface area contributed by atoms with Gasteiger partial charge in [-0.1, -0.05) is 19.9 Å². The second-order valence-corrected chi connectivity index (χ2v) is 6.44. The number of fused-ring (bicyclic) bond motifs is 1. The first kappa shape index (κ1) is 17.0. The maximum Gasteiger partial charge on any atom is 0.336 e. The SMILES string of the molecule is CC(C)COc1ccc(F)cc1Cn1ccc2c(C(=O)O)cccc21. The van der Waals surface area contributed by atoms with E-state index in [1.165, 1.54) is 12.1 Å². The Morgan fingerprint density at radius 3 is 2.76 bits per heavy atom. The number of aromatic carboxylic acids is 1. The van der Waals surface area contributed by atoms with Gasteiger partial charge in [0.2, 0.25) is 0 Å². The molecule has 0 bridgehead atoms. The van der Waals surface area contributed by atoms with Crippen LogP contribution in [-0.2, 0) is 6.54 Å². The van der Waals surface area contributed by atoms with Gasteiger partial charge >= 0.3 is 5.97 Å². The lowest BCUT2D eigenvalue weighted by Crippen LogP contribution is -2.08. The van der Waals surface area contributed by atoms with Crippen molar-refractivity contribution in [2.24, 2.45) is 5.92 Å². The lowest BCUT2D eigenvalue weighted by Gasteiger charge is -2.14. The number of carboxylic acids is 1. The van der Waals surface area contributed by atoms with Crippen LogP contribution in [-0.4, -0.2) is 22.2 Å². The second-order valence-electron chi connectivity index (χ2n) is 6.44. The Labute approximate surface area is 145 Å². The molecule has 0 aliphatic carbocycles. The summed E-state index contributed by atoms with van der Waals surface area (Å²) in [4.78, 5) is 11.4. The number of halogens is 1. The largest absolute Gasteiger partial charge is 0.493 e. The zero-order valence-electron chi connectivity index (χ0n) is 14.2. The average Bonchev–Trinajstić information content (AvgIpc) is 2.97. The molecule has 5 heteroatoms. The summed E-state index contributed by atoms with van der Waals surface area (Å²) in [5, 5.41) is 9.97. The molecule has 0 aliphatic heterocycles. The van der Waals surface area contributed by atoms with Gasteiger partial charge in [0, 0.05) is 22.7 Å². The summed E-state index contributed by atoms with van der Waals surface area (Å²) in [6, 6.07) is 11.4. The van der Waals surface area contributed by atoms with Gasteiger partial charge in [-0.15, -0.1) is 0 Å². The van der Waals surface area contributed by atoms with Gasteiger partial charge in [0.15, 0.2) is 0 Å². The summed E-state index contributed by atoms with van der Waals surface area (Å²) >= 11 is 0. The highest BCUT2D eigenvalue weighted by atomic mass is 19.1. The van der Waals surface area contributed by atoms with Crippen molar-refractivity contribution in [3.63, 3.8) is 0 Å². The topological polar surface area (TPSA) is 51.5 Å². The molecular formula is C20H20FNO3. The van der Waals surface area contributed by atoms with Crippen molar-refractivity contribution in [1.82, 2.24) is 4.57 Å². The lowest BCUT2D eigenvalue weighted by atomic mass is 10.1. The number of hydrogen-bond donors (Lipinski definition) is 1. The van der Waals surface area contributed by atoms with E-state index in [2.05, 4.69) is 13.8 Å². The molecule has 0 aliphatic rings. The summed E-state index contributed by atoms with van der Waals surface area (Å²) in [5.41, 5.74) is 1.77. The molecule has 0 fully saturated rings. The Morgan fingerprint density at radius 2 is 2.04 bits per heavy atom. The fraction of sp³-hybridized carbons (Fsp3) is 0.250. The number of aromatic nitrogens is 1. The summed E-state index contributed by atoms with van der Waals surface area (Å²) in [5.74, 6) is -0.278. The first-order chi connectivity index (χ1) is 12.0. The van der Waals surface area contributed by atoms with Gasteiger partial charge in [0.1, 0.15) is 11.6 Å². The summed E-state index contributed by atoms with van der Waals surface area (Å²) < 4.78 is 21.4. The number of rotatable bonds is 6. The van der Waals surface area contributed by atoms with Crippen molar-refractivity contribution < 1.29 is 19.0 Å². The number of ether oxygens (including phenoxy) is 1. The molecule has 0 atom stereocenters. The number of benzene rings is 2. The molecule has 1 N–H and O–H groups in total. The molecule has 0 radical (unpaired) electrons. The molecule has 0 unspecified atom stereocenters. The molecule has 4 nitrogen and oxygen atoms in total. The molecule has 0 saturated heterocycles. The molecule has 130 valence electrons. The van der Waals surface area contributed by atoms with Crippen LogP contribution in [0.2, 0.25) is 0 Å². The molecule has 3 rings (SSSR count). The van der Waals surface area contributed by atoms with Gasteiger partial charge in [0.25, 0.3) is 0 Å². The molecule has 1 aromatic heterocycles. The lowest BCUT2D eigenvalue weighted by molar-refractivity contribution is 0.0699. The van der Waals surface area contributed by atoms with Crippen molar-refractivity contribution in [2.45, 2.75) is 20.4 Å². The molecule has 3 aromatic rings. The van der Waals surface area contributed by atoms with E-state index < -0.39 is 5.97 Å². The van der Waals surface area contributed by atoms with Crippen LogP contribution in [0.1, 0.15) is 29.8 Å². The molecular weight excluding hydrogens is 321 g/mol. The minimum absolute atomic E-state index is 0.256. The van der Waals surface area contributed by atoms with Crippen LogP contribution in [0.5, 0.6) is 5.75 Å². The maximum absolute atomic E-state index is 13.7. The van der Waals surface area contributed by atoms with Crippen molar-refractivity contribution in [1.29, 1.82) is 0 Å². The number of carbonyl (C=O) groups is 1. The summed E-state index contributed by atoms with van der Waals surface area (Å²) in [6.07, 6.45) is 1.81. The standard InChI is InChI=1S/C20H20FNO3/c1-13(2)12-25-19-7-6-15(21)10-14(19)11-22-9-8-16-17(20(23)24)4-3-5-18(16)22/h3-10,13H,11-12H2,1-2H3,(H,23,24). The van der Waals surface area contributed by atoms with Crippen molar-refractivity contribution >= 4 is 16.9 Å². The highest BCUT2D eigenvalue weighted by Gasteiger charge is 2.13. The van der Waals surface area contributed by atoms with E-state index in [4.69, 9.17) is 4.74 Å². The van der Waals surface area contributed by atoms with Gasteiger partial charge in [-0.3, -0.25) is 0 Å². The van der Waals surface area contributed by atoms with E-state index in [0.717, 1.165) is 11.1 Å². The first-order valence-corrected chi connectivity index (χ1v) is 8.18. The monoisotopic (exact) mass is 341 g/mol. The van der Waals surface area contributed by atoms with Crippen LogP contribution in [0.15, 0.2) is 48.7 Å². The van der Waals surface area contributed by atoms with Gasteiger partial charge < -0.3 is 14.4 Å². The van der Waals surface area contributed by atoms with Crippen LogP contribution in [0.25, 0.3) is 10.9 Å². The zero-order chi connectivity index (χ0) is 18.0. The normalized spacial score (nSPS) is 11.2. The minimum Gasteiger partial charge on any atom is -0.493 e. The van der Waals surface area contributed by atoms with E-state index in [1.54, 1.807) is 24.3 Å². The number of carboxylic acid groups (broad SMARTS) is 1. The summed E-state index contributed by atoms with van der Waals surface area (Å²) in [6.45, 7) is 5.05. The third-order valence-electron chi connectivity index (χ3n) is 3.98. The Balaban J connectivity index is 1.97. The minimum atomic E-state index is -0.963. The Morgan fingerprint density at radius 1 is 1.24 bits per heavy atom. The van der Waals surface area contributed by atoms with E-state index in [0.29, 0.717) is 30.2 Å². The first-order valence-electron chi connectivity index (χ1n) is 8.18.